The molecule has 6 rings (SSSR count). The van der Waals surface area contributed by atoms with Gasteiger partial charge >= 0.3 is 0 Å². The van der Waals surface area contributed by atoms with Crippen LogP contribution in [-0.2, 0) is 13.0 Å². The molecule has 9 heteroatoms. The van der Waals surface area contributed by atoms with E-state index in [1.54, 1.807) is 10.7 Å². The summed E-state index contributed by atoms with van der Waals surface area (Å²) in [5, 5.41) is 13.7. The van der Waals surface area contributed by atoms with E-state index in [1.807, 2.05) is 61.5 Å². The number of fused-ring (bicyclic) bond motifs is 1. The Kier molecular flexibility index (Phi) is 6.89. The van der Waals surface area contributed by atoms with Crippen LogP contribution < -0.4 is 10.5 Å². The Balaban J connectivity index is 1.36. The molecule has 0 radical (unpaired) electrons. The number of tetrazole rings is 1. The molecule has 1 N–H and O–H groups in total. The van der Waals surface area contributed by atoms with Crippen molar-refractivity contribution in [2.45, 2.75) is 25.9 Å². The number of para-hydroxylation sites is 2. The van der Waals surface area contributed by atoms with Gasteiger partial charge in [0.25, 0.3) is 5.56 Å². The van der Waals surface area contributed by atoms with E-state index in [-0.39, 0.29) is 11.4 Å². The number of anilines is 1. The number of nitrogens with one attached hydrogen (secondary N) is 1. The maximum Gasteiger partial charge on any atom is 0.253 e. The highest BCUT2D eigenvalue weighted by Crippen LogP contribution is 2.30. The minimum absolute atomic E-state index is 0.157. The fourth-order valence-electron chi connectivity index (χ4n) is 5.48. The first-order valence-corrected chi connectivity index (χ1v) is 13.2. The highest BCUT2D eigenvalue weighted by molar-refractivity contribution is 5.82. The van der Waals surface area contributed by atoms with Crippen LogP contribution in [0.5, 0.6) is 0 Å². The van der Waals surface area contributed by atoms with Crippen LogP contribution in [0.15, 0.2) is 83.7 Å². The Bertz CT molecular complexity index is 1640. The van der Waals surface area contributed by atoms with Crippen molar-refractivity contribution in [1.82, 2.24) is 30.1 Å². The minimum Gasteiger partial charge on any atom is -0.367 e. The van der Waals surface area contributed by atoms with Gasteiger partial charge in [0.1, 0.15) is 11.9 Å². The van der Waals surface area contributed by atoms with Crippen molar-refractivity contribution < 1.29 is 4.39 Å². The number of rotatable bonds is 7. The third-order valence-electron chi connectivity index (χ3n) is 7.54. The molecule has 0 saturated carbocycles. The van der Waals surface area contributed by atoms with E-state index < -0.39 is 6.04 Å². The predicted molar refractivity (Wildman–Crippen MR) is 149 cm³/mol. The predicted octanol–water partition coefficient (Wildman–Crippen LogP) is 4.12. The van der Waals surface area contributed by atoms with Crippen LogP contribution >= 0.6 is 0 Å². The number of H-pyrrole nitrogens is 1. The first-order valence-electron chi connectivity index (χ1n) is 13.2. The SMILES string of the molecule is Cc1cccc2cc(C(c3nnnn3CCc3ccccc3)N3CCN(c4ccccc4F)CC3)c(=O)[nH]c12. The van der Waals surface area contributed by atoms with Crippen LogP contribution in [0.3, 0.4) is 0 Å². The molecule has 1 saturated heterocycles. The van der Waals surface area contributed by atoms with Gasteiger partial charge in [0.15, 0.2) is 5.82 Å². The third-order valence-corrected chi connectivity index (χ3v) is 7.54. The summed E-state index contributed by atoms with van der Waals surface area (Å²) in [6, 6.07) is 24.5. The van der Waals surface area contributed by atoms with Crippen molar-refractivity contribution in [3.05, 3.63) is 118 Å². The molecule has 1 aliphatic heterocycles. The molecular weight excluding hydrogens is 493 g/mol. The number of benzene rings is 3. The number of halogens is 1. The van der Waals surface area contributed by atoms with Crippen LogP contribution in [0.1, 0.15) is 28.6 Å². The van der Waals surface area contributed by atoms with Gasteiger partial charge in [-0.3, -0.25) is 9.69 Å². The molecule has 1 aliphatic rings. The van der Waals surface area contributed by atoms with Gasteiger partial charge in [0, 0.05) is 38.3 Å². The van der Waals surface area contributed by atoms with Crippen LogP contribution in [0.25, 0.3) is 10.9 Å². The average molecular weight is 524 g/mol. The smallest absolute Gasteiger partial charge is 0.253 e. The number of aryl methyl sites for hydroxylation is 3. The van der Waals surface area contributed by atoms with E-state index in [0.29, 0.717) is 49.8 Å². The molecule has 0 spiro atoms. The van der Waals surface area contributed by atoms with E-state index in [9.17, 15) is 9.18 Å². The minimum atomic E-state index is -0.452. The van der Waals surface area contributed by atoms with E-state index in [1.165, 1.54) is 11.6 Å². The fourth-order valence-corrected chi connectivity index (χ4v) is 5.48. The number of nitrogens with zero attached hydrogens (tertiary/aromatic N) is 6. The lowest BCUT2D eigenvalue weighted by Gasteiger charge is -2.39. The molecule has 5 aromatic rings. The van der Waals surface area contributed by atoms with Gasteiger partial charge in [-0.1, -0.05) is 60.7 Å². The molecule has 0 bridgehead atoms. The van der Waals surface area contributed by atoms with Gasteiger partial charge < -0.3 is 9.88 Å². The fraction of sp³-hybridized carbons (Fsp3) is 0.267. The Labute approximate surface area is 225 Å². The molecule has 2 aromatic heterocycles. The Morgan fingerprint density at radius 3 is 2.51 bits per heavy atom. The lowest BCUT2D eigenvalue weighted by molar-refractivity contribution is 0.199. The van der Waals surface area contributed by atoms with Crippen LogP contribution in [0, 0.1) is 12.7 Å². The van der Waals surface area contributed by atoms with Crippen LogP contribution in [0.2, 0.25) is 0 Å². The van der Waals surface area contributed by atoms with Crippen molar-refractivity contribution in [1.29, 1.82) is 0 Å². The van der Waals surface area contributed by atoms with Crippen LogP contribution in [-0.4, -0.2) is 56.3 Å². The van der Waals surface area contributed by atoms with Gasteiger partial charge in [-0.2, -0.15) is 0 Å². The van der Waals surface area contributed by atoms with E-state index in [0.717, 1.165) is 22.9 Å². The Hall–Kier alpha value is -4.37. The quantitative estimate of drug-likeness (QED) is 0.346. The first kappa shape index (κ1) is 24.9. The lowest BCUT2D eigenvalue weighted by atomic mass is 10.0. The second-order valence-electron chi connectivity index (χ2n) is 9.97. The van der Waals surface area contributed by atoms with Gasteiger partial charge in [-0.15, -0.1) is 5.10 Å². The van der Waals surface area contributed by atoms with Gasteiger partial charge in [0.05, 0.1) is 11.2 Å². The molecule has 198 valence electrons. The number of pyridine rings is 1. The second-order valence-corrected chi connectivity index (χ2v) is 9.97. The van der Waals surface area contributed by atoms with E-state index in [2.05, 4.69) is 42.4 Å². The highest BCUT2D eigenvalue weighted by atomic mass is 19.1. The summed E-state index contributed by atoms with van der Waals surface area (Å²) in [6.45, 7) is 5.05. The molecule has 1 fully saturated rings. The second kappa shape index (κ2) is 10.8. The molecular formula is C30H30FN7O. The summed E-state index contributed by atoms with van der Waals surface area (Å²) in [5.74, 6) is 0.400. The summed E-state index contributed by atoms with van der Waals surface area (Å²) in [6.07, 6.45) is 0.764. The largest absolute Gasteiger partial charge is 0.367 e. The Morgan fingerprint density at radius 1 is 0.949 bits per heavy atom. The first-order chi connectivity index (χ1) is 19.1. The summed E-state index contributed by atoms with van der Waals surface area (Å²) < 4.78 is 16.3. The summed E-state index contributed by atoms with van der Waals surface area (Å²) in [7, 11) is 0. The molecule has 1 atom stereocenters. The average Bonchev–Trinajstić information content (AvgIpc) is 3.42. The molecule has 8 nitrogen and oxygen atoms in total. The monoisotopic (exact) mass is 523 g/mol. The van der Waals surface area contributed by atoms with Crippen molar-refractivity contribution in [2.75, 3.05) is 31.1 Å². The standard InChI is InChI=1S/C30H30FN7O/c1-21-8-7-11-23-20-24(30(39)32-27(21)23)28(29-33-34-35-38(29)15-14-22-9-3-2-4-10-22)37-18-16-36(17-19-37)26-13-6-5-12-25(26)31/h2-13,20,28H,14-19H2,1H3,(H,32,39). The lowest BCUT2D eigenvalue weighted by Crippen LogP contribution is -2.49. The maximum absolute atomic E-state index is 14.5. The van der Waals surface area contributed by atoms with Gasteiger partial charge in [-0.25, -0.2) is 9.07 Å². The van der Waals surface area contributed by atoms with Crippen molar-refractivity contribution in [3.63, 3.8) is 0 Å². The zero-order valence-electron chi connectivity index (χ0n) is 21.8. The molecule has 0 amide bonds. The third kappa shape index (κ3) is 5.05. The summed E-state index contributed by atoms with van der Waals surface area (Å²) >= 11 is 0. The van der Waals surface area contributed by atoms with Crippen molar-refractivity contribution in [3.8, 4) is 0 Å². The number of hydrogen-bond donors (Lipinski definition) is 1. The zero-order chi connectivity index (χ0) is 26.8. The molecule has 1 unspecified atom stereocenters. The molecule has 0 aliphatic carbocycles. The highest BCUT2D eigenvalue weighted by Gasteiger charge is 2.33. The van der Waals surface area contributed by atoms with Gasteiger partial charge in [-0.05, 0) is 58.5 Å². The number of aromatic amines is 1. The summed E-state index contributed by atoms with van der Waals surface area (Å²) in [4.78, 5) is 21.0. The van der Waals surface area contributed by atoms with Crippen molar-refractivity contribution in [2.24, 2.45) is 0 Å². The van der Waals surface area contributed by atoms with Crippen molar-refractivity contribution >= 4 is 16.6 Å². The Morgan fingerprint density at radius 2 is 1.72 bits per heavy atom. The maximum atomic E-state index is 14.5. The van der Waals surface area contributed by atoms with Gasteiger partial charge in [0.2, 0.25) is 0 Å². The summed E-state index contributed by atoms with van der Waals surface area (Å²) in [5.41, 5.74) is 4.07. The number of aromatic nitrogens is 5. The van der Waals surface area contributed by atoms with Crippen LogP contribution in [0.4, 0.5) is 10.1 Å². The topological polar surface area (TPSA) is 82.9 Å². The van der Waals surface area contributed by atoms with E-state index in [4.69, 9.17) is 0 Å². The zero-order valence-corrected chi connectivity index (χ0v) is 21.8. The normalized spacial score (nSPS) is 15.1. The number of piperazine rings is 1. The number of hydrogen-bond acceptors (Lipinski definition) is 6. The van der Waals surface area contributed by atoms with E-state index >= 15 is 0 Å². The molecule has 39 heavy (non-hydrogen) atoms. The molecule has 3 heterocycles. The molecule has 3 aromatic carbocycles.